The maximum absolute atomic E-state index is 12.4. The molecule has 0 aliphatic heterocycles. The molecule has 1 aromatic carbocycles. The summed E-state index contributed by atoms with van der Waals surface area (Å²) < 4.78 is 1.46. The van der Waals surface area contributed by atoms with Crippen LogP contribution in [0.2, 0.25) is 0 Å². The molecule has 5 nitrogen and oxygen atoms in total. The van der Waals surface area contributed by atoms with Crippen molar-refractivity contribution in [2.45, 2.75) is 45.2 Å². The van der Waals surface area contributed by atoms with Crippen LogP contribution in [-0.4, -0.2) is 26.0 Å². The Morgan fingerprint density at radius 2 is 2.04 bits per heavy atom. The number of aromatic nitrogens is 3. The first-order chi connectivity index (χ1) is 12.2. The molecule has 130 valence electrons. The van der Waals surface area contributed by atoms with Crippen LogP contribution in [0.15, 0.2) is 41.2 Å². The van der Waals surface area contributed by atoms with E-state index in [1.807, 2.05) is 6.07 Å². The first kappa shape index (κ1) is 16.4. The van der Waals surface area contributed by atoms with Gasteiger partial charge in [-0.25, -0.2) is 4.98 Å². The summed E-state index contributed by atoms with van der Waals surface area (Å²) in [6.07, 6.45) is 3.44. The van der Waals surface area contributed by atoms with Gasteiger partial charge in [0.05, 0.1) is 5.69 Å². The number of hydrogen-bond donors (Lipinski definition) is 0. The lowest BCUT2D eigenvalue weighted by Gasteiger charge is -2.21. The van der Waals surface area contributed by atoms with Gasteiger partial charge in [0.25, 0.3) is 5.56 Å². The first-order valence-corrected chi connectivity index (χ1v) is 9.70. The molecule has 1 aliphatic rings. The Hall–Kier alpha value is -2.05. The summed E-state index contributed by atoms with van der Waals surface area (Å²) in [5.74, 6) is 0.546. The van der Waals surface area contributed by atoms with Gasteiger partial charge in [-0.05, 0) is 31.4 Å². The fourth-order valence-electron chi connectivity index (χ4n) is 3.05. The number of hydrogen-bond acceptors (Lipinski definition) is 5. The second-order valence-electron chi connectivity index (χ2n) is 6.69. The van der Waals surface area contributed by atoms with E-state index in [9.17, 15) is 4.79 Å². The Kier molecular flexibility index (Phi) is 4.63. The van der Waals surface area contributed by atoms with E-state index in [1.165, 1.54) is 22.9 Å². The van der Waals surface area contributed by atoms with E-state index in [0.717, 1.165) is 35.2 Å². The summed E-state index contributed by atoms with van der Waals surface area (Å²) in [5.41, 5.74) is 2.04. The molecule has 0 bridgehead atoms. The second-order valence-corrected chi connectivity index (χ2v) is 7.68. The highest BCUT2D eigenvalue weighted by molar-refractivity contribution is 7.16. The minimum Gasteiger partial charge on any atom is -0.293 e. The molecule has 0 N–H and O–H groups in total. The molecule has 4 rings (SSSR count). The van der Waals surface area contributed by atoms with Gasteiger partial charge in [0, 0.05) is 25.1 Å². The zero-order valence-electron chi connectivity index (χ0n) is 14.4. The molecular weight excluding hydrogens is 332 g/mol. The molecule has 1 aliphatic carbocycles. The van der Waals surface area contributed by atoms with E-state index in [0.29, 0.717) is 12.5 Å². The maximum atomic E-state index is 12.4. The van der Waals surface area contributed by atoms with Crippen LogP contribution in [0.3, 0.4) is 0 Å². The molecule has 2 aromatic heterocycles. The van der Waals surface area contributed by atoms with Crippen molar-refractivity contribution >= 4 is 16.3 Å². The van der Waals surface area contributed by atoms with Crippen LogP contribution in [-0.2, 0) is 13.1 Å². The largest absolute Gasteiger partial charge is 0.293 e. The molecule has 0 amide bonds. The minimum absolute atomic E-state index is 0.0701. The van der Waals surface area contributed by atoms with Crippen molar-refractivity contribution in [3.05, 3.63) is 63.0 Å². The van der Waals surface area contributed by atoms with E-state index in [2.05, 4.69) is 41.2 Å². The summed E-state index contributed by atoms with van der Waals surface area (Å²) in [6, 6.07) is 12.1. The third-order valence-electron chi connectivity index (χ3n) is 4.41. The van der Waals surface area contributed by atoms with Gasteiger partial charge in [-0.1, -0.05) is 48.6 Å². The quantitative estimate of drug-likeness (QED) is 0.652. The van der Waals surface area contributed by atoms with Crippen LogP contribution in [0.25, 0.3) is 4.96 Å². The van der Waals surface area contributed by atoms with Crippen molar-refractivity contribution in [1.29, 1.82) is 0 Å². The van der Waals surface area contributed by atoms with Crippen LogP contribution in [0.1, 0.15) is 48.4 Å². The summed E-state index contributed by atoms with van der Waals surface area (Å²) >= 11 is 1.56. The SMILES string of the molecule is CCCN(Cc1ccccc1)Cc1cc(=O)n2nc(C3CC3)sc2n1. The van der Waals surface area contributed by atoms with Gasteiger partial charge < -0.3 is 0 Å². The number of fused-ring (bicyclic) bond motifs is 1. The van der Waals surface area contributed by atoms with E-state index in [1.54, 1.807) is 17.4 Å². The summed E-state index contributed by atoms with van der Waals surface area (Å²) in [7, 11) is 0. The van der Waals surface area contributed by atoms with Crippen molar-refractivity contribution in [3.8, 4) is 0 Å². The second kappa shape index (κ2) is 7.06. The van der Waals surface area contributed by atoms with Crippen molar-refractivity contribution in [2.24, 2.45) is 0 Å². The predicted molar refractivity (Wildman–Crippen MR) is 100.0 cm³/mol. The summed E-state index contributed by atoms with van der Waals surface area (Å²) in [5, 5.41) is 5.50. The Labute approximate surface area is 151 Å². The molecule has 25 heavy (non-hydrogen) atoms. The van der Waals surface area contributed by atoms with Crippen molar-refractivity contribution in [3.63, 3.8) is 0 Å². The number of nitrogens with zero attached hydrogens (tertiary/aromatic N) is 4. The number of benzene rings is 1. The van der Waals surface area contributed by atoms with Gasteiger partial charge >= 0.3 is 0 Å². The highest BCUT2D eigenvalue weighted by atomic mass is 32.1. The van der Waals surface area contributed by atoms with Crippen LogP contribution in [0, 0.1) is 0 Å². The van der Waals surface area contributed by atoms with E-state index in [4.69, 9.17) is 4.98 Å². The Balaban J connectivity index is 1.57. The van der Waals surface area contributed by atoms with Gasteiger partial charge in [-0.2, -0.15) is 9.61 Å². The van der Waals surface area contributed by atoms with Gasteiger partial charge in [-0.15, -0.1) is 0 Å². The molecule has 0 saturated heterocycles. The molecule has 6 heteroatoms. The van der Waals surface area contributed by atoms with E-state index < -0.39 is 0 Å². The standard InChI is InChI=1S/C19H22N4OS/c1-2-10-22(12-14-6-4-3-5-7-14)13-16-11-17(24)23-19(20-16)25-18(21-23)15-8-9-15/h3-7,11,15H,2,8-10,12-13H2,1H3. The zero-order valence-corrected chi connectivity index (χ0v) is 15.2. The third kappa shape index (κ3) is 3.80. The lowest BCUT2D eigenvalue weighted by atomic mass is 10.2. The minimum atomic E-state index is -0.0701. The molecular formula is C19H22N4OS. The van der Waals surface area contributed by atoms with Crippen LogP contribution >= 0.6 is 11.3 Å². The van der Waals surface area contributed by atoms with Gasteiger partial charge in [0.2, 0.25) is 4.96 Å². The topological polar surface area (TPSA) is 50.5 Å². The smallest absolute Gasteiger partial charge is 0.275 e. The fraction of sp³-hybridized carbons (Fsp3) is 0.421. The van der Waals surface area contributed by atoms with Crippen molar-refractivity contribution < 1.29 is 0 Å². The van der Waals surface area contributed by atoms with Crippen molar-refractivity contribution in [2.75, 3.05) is 6.54 Å². The molecule has 2 heterocycles. The van der Waals surface area contributed by atoms with Crippen LogP contribution in [0.5, 0.6) is 0 Å². The Morgan fingerprint density at radius 3 is 2.76 bits per heavy atom. The Morgan fingerprint density at radius 1 is 1.24 bits per heavy atom. The molecule has 0 unspecified atom stereocenters. The average Bonchev–Trinajstić information content (AvgIpc) is 3.36. The predicted octanol–water partition coefficient (Wildman–Crippen LogP) is 3.44. The monoisotopic (exact) mass is 354 g/mol. The van der Waals surface area contributed by atoms with E-state index in [-0.39, 0.29) is 5.56 Å². The van der Waals surface area contributed by atoms with Crippen LogP contribution < -0.4 is 5.56 Å². The first-order valence-electron chi connectivity index (χ1n) is 8.89. The lowest BCUT2D eigenvalue weighted by molar-refractivity contribution is 0.254. The molecule has 3 aromatic rings. The molecule has 0 spiro atoms. The normalized spacial score (nSPS) is 14.5. The average molecular weight is 354 g/mol. The maximum Gasteiger partial charge on any atom is 0.275 e. The van der Waals surface area contributed by atoms with Crippen LogP contribution in [0.4, 0.5) is 0 Å². The zero-order chi connectivity index (χ0) is 17.2. The number of rotatable bonds is 7. The Bertz CT molecular complexity index is 914. The third-order valence-corrected chi connectivity index (χ3v) is 5.49. The highest BCUT2D eigenvalue weighted by Gasteiger charge is 2.28. The van der Waals surface area contributed by atoms with Gasteiger partial charge in [0.15, 0.2) is 0 Å². The summed E-state index contributed by atoms with van der Waals surface area (Å²) in [6.45, 7) is 4.71. The van der Waals surface area contributed by atoms with Gasteiger partial charge in [-0.3, -0.25) is 9.69 Å². The fourth-order valence-corrected chi connectivity index (χ4v) is 4.14. The summed E-state index contributed by atoms with van der Waals surface area (Å²) in [4.78, 5) is 20.2. The van der Waals surface area contributed by atoms with E-state index >= 15 is 0 Å². The molecule has 0 atom stereocenters. The highest BCUT2D eigenvalue weighted by Crippen LogP contribution is 2.41. The molecule has 1 fully saturated rings. The van der Waals surface area contributed by atoms with Crippen molar-refractivity contribution in [1.82, 2.24) is 19.5 Å². The van der Waals surface area contributed by atoms with Gasteiger partial charge in [0.1, 0.15) is 5.01 Å². The molecule has 0 radical (unpaired) electrons. The lowest BCUT2D eigenvalue weighted by Crippen LogP contribution is -2.26. The molecule has 1 saturated carbocycles.